The third-order valence-electron chi connectivity index (χ3n) is 5.63. The topological polar surface area (TPSA) is 51.1 Å². The van der Waals surface area contributed by atoms with Crippen LogP contribution in [0.1, 0.15) is 51.6 Å². The summed E-state index contributed by atoms with van der Waals surface area (Å²) in [6.07, 6.45) is -1.91. The molecule has 0 spiro atoms. The maximum atomic E-state index is 13.1. The first-order valence-corrected chi connectivity index (χ1v) is 10.0. The van der Waals surface area contributed by atoms with Gasteiger partial charge in [-0.15, -0.1) is 0 Å². The first-order chi connectivity index (χ1) is 14.8. The van der Waals surface area contributed by atoms with E-state index in [0.29, 0.717) is 5.69 Å². The molecule has 0 saturated carbocycles. The van der Waals surface area contributed by atoms with Gasteiger partial charge in [-0.05, 0) is 67.6 Å². The highest BCUT2D eigenvalue weighted by Gasteiger charge is 2.31. The summed E-state index contributed by atoms with van der Waals surface area (Å²) in [6, 6.07) is 15.2. The molecule has 3 aromatic rings. The number of amides is 1. The van der Waals surface area contributed by atoms with E-state index < -0.39 is 23.2 Å². The van der Waals surface area contributed by atoms with Crippen molar-refractivity contribution >= 4 is 5.91 Å². The van der Waals surface area contributed by atoms with Crippen molar-refractivity contribution in [3.8, 4) is 5.69 Å². The fourth-order valence-corrected chi connectivity index (χ4v) is 4.09. The molecular weight excluding hydrogens is 405 g/mol. The van der Waals surface area contributed by atoms with E-state index in [1.807, 2.05) is 24.3 Å². The van der Waals surface area contributed by atoms with Gasteiger partial charge in [0.15, 0.2) is 0 Å². The Hall–Kier alpha value is -3.35. The Kier molecular flexibility index (Phi) is 5.43. The van der Waals surface area contributed by atoms with E-state index in [1.165, 1.54) is 23.8 Å². The number of fused-ring (bicyclic) bond motifs is 1. The van der Waals surface area contributed by atoms with Crippen LogP contribution in [-0.2, 0) is 12.6 Å². The van der Waals surface area contributed by atoms with Crippen molar-refractivity contribution in [2.24, 2.45) is 0 Å². The number of halogens is 3. The van der Waals surface area contributed by atoms with E-state index in [0.717, 1.165) is 41.5 Å². The predicted molar refractivity (Wildman–Crippen MR) is 111 cm³/mol. The van der Waals surface area contributed by atoms with Crippen molar-refractivity contribution < 1.29 is 18.0 Å². The highest BCUT2D eigenvalue weighted by molar-refractivity contribution is 5.94. The van der Waals surface area contributed by atoms with Crippen molar-refractivity contribution in [2.75, 3.05) is 0 Å². The molecule has 1 aliphatic rings. The molecule has 1 aromatic heterocycles. The molecule has 0 fully saturated rings. The first kappa shape index (κ1) is 20.9. The van der Waals surface area contributed by atoms with Crippen molar-refractivity contribution in [2.45, 2.75) is 38.4 Å². The Morgan fingerprint density at radius 2 is 1.84 bits per heavy atom. The van der Waals surface area contributed by atoms with E-state index in [-0.39, 0.29) is 17.3 Å². The lowest BCUT2D eigenvalue weighted by Gasteiger charge is -2.26. The standard InChI is InChI=1S/C24H21F3N2O2/c1-15-12-13-20(22(30)28-21-11-4-7-16-6-2-3-10-19(16)21)23(31)29(15)18-9-5-8-17(14-18)24(25,26)27/h2-3,5-6,8-10,12-14,21H,4,7,11H2,1H3,(H,28,30). The summed E-state index contributed by atoms with van der Waals surface area (Å²) < 4.78 is 40.5. The van der Waals surface area contributed by atoms with Gasteiger partial charge in [0.2, 0.25) is 0 Å². The van der Waals surface area contributed by atoms with Gasteiger partial charge in [0.1, 0.15) is 5.56 Å². The van der Waals surface area contributed by atoms with Crippen molar-refractivity contribution in [3.05, 3.63) is 99.0 Å². The zero-order chi connectivity index (χ0) is 22.2. The molecule has 0 saturated heterocycles. The molecular formula is C24H21F3N2O2. The summed E-state index contributed by atoms with van der Waals surface area (Å²) in [5, 5.41) is 2.93. The summed E-state index contributed by atoms with van der Waals surface area (Å²) in [6.45, 7) is 1.61. The van der Waals surface area contributed by atoms with Gasteiger partial charge in [-0.2, -0.15) is 13.2 Å². The summed E-state index contributed by atoms with van der Waals surface area (Å²) in [5.41, 5.74) is 1.09. The molecule has 1 N–H and O–H groups in total. The number of carbonyl (C=O) groups excluding carboxylic acids is 1. The normalized spacial score (nSPS) is 15.9. The van der Waals surface area contributed by atoms with E-state index in [9.17, 15) is 22.8 Å². The zero-order valence-corrected chi connectivity index (χ0v) is 16.9. The van der Waals surface area contributed by atoms with Gasteiger partial charge in [-0.1, -0.05) is 30.3 Å². The highest BCUT2D eigenvalue weighted by atomic mass is 19.4. The maximum Gasteiger partial charge on any atom is 0.416 e. The quantitative estimate of drug-likeness (QED) is 0.643. The second-order valence-corrected chi connectivity index (χ2v) is 7.69. The van der Waals surface area contributed by atoms with E-state index in [2.05, 4.69) is 5.32 Å². The Morgan fingerprint density at radius 3 is 2.61 bits per heavy atom. The Bertz CT molecular complexity index is 1200. The fourth-order valence-electron chi connectivity index (χ4n) is 4.09. The average molecular weight is 426 g/mol. The Labute approximate surface area is 177 Å². The van der Waals surface area contributed by atoms with Gasteiger partial charge in [0.05, 0.1) is 11.6 Å². The van der Waals surface area contributed by atoms with Crippen LogP contribution in [0.15, 0.2) is 65.5 Å². The molecule has 7 heteroatoms. The minimum absolute atomic E-state index is 0.0648. The fraction of sp³-hybridized carbons (Fsp3) is 0.250. The number of aryl methyl sites for hydroxylation is 2. The Balaban J connectivity index is 1.69. The van der Waals surface area contributed by atoms with E-state index in [4.69, 9.17) is 0 Å². The van der Waals surface area contributed by atoms with Gasteiger partial charge < -0.3 is 5.32 Å². The molecule has 1 heterocycles. The monoisotopic (exact) mass is 426 g/mol. The third kappa shape index (κ3) is 4.13. The van der Waals surface area contributed by atoms with Crippen molar-refractivity contribution in [3.63, 3.8) is 0 Å². The number of nitrogens with zero attached hydrogens (tertiary/aromatic N) is 1. The number of aromatic nitrogens is 1. The number of pyridine rings is 1. The summed E-state index contributed by atoms with van der Waals surface area (Å²) >= 11 is 0. The highest BCUT2D eigenvalue weighted by Crippen LogP contribution is 2.31. The van der Waals surface area contributed by atoms with Gasteiger partial charge in [-0.3, -0.25) is 14.2 Å². The van der Waals surface area contributed by atoms with Crippen LogP contribution in [0.25, 0.3) is 5.69 Å². The van der Waals surface area contributed by atoms with Crippen LogP contribution in [0.5, 0.6) is 0 Å². The van der Waals surface area contributed by atoms with Crippen LogP contribution in [0, 0.1) is 6.92 Å². The van der Waals surface area contributed by atoms with Crippen LogP contribution >= 0.6 is 0 Å². The number of rotatable bonds is 3. The minimum Gasteiger partial charge on any atom is -0.345 e. The van der Waals surface area contributed by atoms with Gasteiger partial charge in [0.25, 0.3) is 11.5 Å². The number of nitrogens with one attached hydrogen (secondary N) is 1. The second kappa shape index (κ2) is 8.06. The molecule has 31 heavy (non-hydrogen) atoms. The third-order valence-corrected chi connectivity index (χ3v) is 5.63. The van der Waals surface area contributed by atoms with E-state index >= 15 is 0 Å². The van der Waals surface area contributed by atoms with Gasteiger partial charge in [0, 0.05) is 11.4 Å². The van der Waals surface area contributed by atoms with Crippen LogP contribution in [0.3, 0.4) is 0 Å². The molecule has 2 aromatic carbocycles. The molecule has 1 aliphatic carbocycles. The molecule has 0 aliphatic heterocycles. The lowest BCUT2D eigenvalue weighted by atomic mass is 9.87. The average Bonchev–Trinajstić information content (AvgIpc) is 2.74. The Morgan fingerprint density at radius 1 is 1.06 bits per heavy atom. The lowest BCUT2D eigenvalue weighted by Crippen LogP contribution is -2.36. The maximum absolute atomic E-state index is 13.1. The summed E-state index contributed by atoms with van der Waals surface area (Å²) in [4.78, 5) is 26.1. The molecule has 1 amide bonds. The molecule has 160 valence electrons. The second-order valence-electron chi connectivity index (χ2n) is 7.69. The molecule has 1 atom stereocenters. The van der Waals surface area contributed by atoms with Crippen LogP contribution in [0.4, 0.5) is 13.2 Å². The first-order valence-electron chi connectivity index (χ1n) is 10.0. The summed E-state index contributed by atoms with van der Waals surface area (Å²) in [5.74, 6) is -0.535. The predicted octanol–water partition coefficient (Wildman–Crippen LogP) is 4.97. The van der Waals surface area contributed by atoms with Crippen LogP contribution in [0.2, 0.25) is 0 Å². The lowest BCUT2D eigenvalue weighted by molar-refractivity contribution is -0.137. The van der Waals surface area contributed by atoms with Crippen molar-refractivity contribution in [1.82, 2.24) is 9.88 Å². The minimum atomic E-state index is -4.53. The largest absolute Gasteiger partial charge is 0.416 e. The number of hydrogen-bond donors (Lipinski definition) is 1. The number of carbonyl (C=O) groups is 1. The van der Waals surface area contributed by atoms with Crippen molar-refractivity contribution in [1.29, 1.82) is 0 Å². The molecule has 0 radical (unpaired) electrons. The van der Waals surface area contributed by atoms with Gasteiger partial charge >= 0.3 is 6.18 Å². The summed E-state index contributed by atoms with van der Waals surface area (Å²) in [7, 11) is 0. The van der Waals surface area contributed by atoms with E-state index in [1.54, 1.807) is 13.0 Å². The number of hydrogen-bond acceptors (Lipinski definition) is 2. The smallest absolute Gasteiger partial charge is 0.345 e. The molecule has 0 bridgehead atoms. The molecule has 4 nitrogen and oxygen atoms in total. The van der Waals surface area contributed by atoms with Crippen LogP contribution < -0.4 is 10.9 Å². The van der Waals surface area contributed by atoms with Gasteiger partial charge in [-0.25, -0.2) is 0 Å². The zero-order valence-electron chi connectivity index (χ0n) is 16.9. The molecule has 4 rings (SSSR count). The number of alkyl halides is 3. The SMILES string of the molecule is Cc1ccc(C(=O)NC2CCCc3ccccc32)c(=O)n1-c1cccc(C(F)(F)F)c1. The number of benzene rings is 2. The molecule has 1 unspecified atom stereocenters. The van der Waals surface area contributed by atoms with Crippen LogP contribution in [-0.4, -0.2) is 10.5 Å².